The lowest BCUT2D eigenvalue weighted by molar-refractivity contribution is 0.0698. The fourth-order valence-electron chi connectivity index (χ4n) is 3.67. The van der Waals surface area contributed by atoms with Crippen molar-refractivity contribution in [2.24, 2.45) is 0 Å². The Kier molecular flexibility index (Phi) is 4.18. The molecule has 8 heteroatoms. The number of hydrogen-bond donors (Lipinski definition) is 2. The number of imide groups is 1. The van der Waals surface area contributed by atoms with Gasteiger partial charge in [0.05, 0.1) is 28.6 Å². The molecule has 0 saturated heterocycles. The Hall–Kier alpha value is -4.59. The average Bonchev–Trinajstić information content (AvgIpc) is 3.41. The van der Waals surface area contributed by atoms with Crippen LogP contribution in [-0.2, 0) is 0 Å². The molecule has 1 aromatic heterocycles. The van der Waals surface area contributed by atoms with Gasteiger partial charge in [-0.05, 0) is 35.4 Å². The van der Waals surface area contributed by atoms with E-state index in [4.69, 9.17) is 0 Å². The number of aromatic nitrogens is 3. The monoisotopic (exact) mass is 410 g/mol. The van der Waals surface area contributed by atoms with Gasteiger partial charge in [-0.15, -0.1) is 0 Å². The van der Waals surface area contributed by atoms with Crippen molar-refractivity contribution in [3.05, 3.63) is 89.6 Å². The van der Waals surface area contributed by atoms with E-state index in [1.54, 1.807) is 30.3 Å². The van der Waals surface area contributed by atoms with E-state index in [2.05, 4.69) is 15.4 Å². The van der Waals surface area contributed by atoms with E-state index in [9.17, 15) is 19.5 Å². The molecule has 1 aliphatic rings. The Morgan fingerprint density at radius 1 is 0.839 bits per heavy atom. The van der Waals surface area contributed by atoms with Crippen molar-refractivity contribution in [2.75, 3.05) is 4.90 Å². The highest BCUT2D eigenvalue weighted by Gasteiger charge is 2.39. The van der Waals surface area contributed by atoms with E-state index < -0.39 is 17.8 Å². The second kappa shape index (κ2) is 7.03. The first-order valence-corrected chi connectivity index (χ1v) is 9.36. The Labute approximate surface area is 175 Å². The fourth-order valence-corrected chi connectivity index (χ4v) is 3.67. The fraction of sp³-hybridized carbons (Fsp3) is 0. The quantitative estimate of drug-likeness (QED) is 0.496. The highest BCUT2D eigenvalue weighted by Crippen LogP contribution is 2.35. The van der Waals surface area contributed by atoms with Gasteiger partial charge in [-0.1, -0.05) is 42.5 Å². The summed E-state index contributed by atoms with van der Waals surface area (Å²) in [4.78, 5) is 39.1. The van der Waals surface area contributed by atoms with E-state index in [1.165, 1.54) is 12.3 Å². The maximum atomic E-state index is 13.2. The molecule has 5 rings (SSSR count). The van der Waals surface area contributed by atoms with E-state index in [1.807, 2.05) is 30.3 Å². The molecule has 0 aliphatic carbocycles. The molecule has 0 unspecified atom stereocenters. The summed E-state index contributed by atoms with van der Waals surface area (Å²) in [6, 6.07) is 18.7. The molecule has 0 atom stereocenters. The van der Waals surface area contributed by atoms with Crippen LogP contribution in [0.25, 0.3) is 22.4 Å². The highest BCUT2D eigenvalue weighted by molar-refractivity contribution is 6.35. The van der Waals surface area contributed by atoms with Crippen molar-refractivity contribution in [3.63, 3.8) is 0 Å². The van der Waals surface area contributed by atoms with Gasteiger partial charge < -0.3 is 5.11 Å². The number of fused-ring (bicyclic) bond motifs is 1. The minimum Gasteiger partial charge on any atom is -0.478 e. The Balaban J connectivity index is 1.63. The lowest BCUT2D eigenvalue weighted by Gasteiger charge is -2.18. The molecule has 2 amide bonds. The summed E-state index contributed by atoms with van der Waals surface area (Å²) in [5.74, 6) is -2.38. The van der Waals surface area contributed by atoms with Crippen molar-refractivity contribution >= 4 is 23.5 Å². The first kappa shape index (κ1) is 18.4. The Morgan fingerprint density at radius 2 is 1.58 bits per heavy atom. The number of carboxylic acid groups (broad SMARTS) is 1. The Morgan fingerprint density at radius 3 is 2.29 bits per heavy atom. The average molecular weight is 410 g/mol. The molecule has 0 bridgehead atoms. The molecule has 2 heterocycles. The second-order valence-corrected chi connectivity index (χ2v) is 6.96. The van der Waals surface area contributed by atoms with E-state index in [0.29, 0.717) is 16.8 Å². The number of aromatic amines is 1. The van der Waals surface area contributed by atoms with Gasteiger partial charge in [-0.2, -0.15) is 15.4 Å². The van der Waals surface area contributed by atoms with E-state index in [-0.39, 0.29) is 22.4 Å². The van der Waals surface area contributed by atoms with Crippen LogP contribution < -0.4 is 4.90 Å². The standard InChI is InChI=1S/C23H14N4O4/c28-21-16-8-7-15(19-12-24-26-25-19)10-18(16)22(29)27(21)20-11-14(6-9-17(20)23(30)31)13-4-2-1-3-5-13/h1-12H,(H,30,31)(H,24,25,26). The van der Waals surface area contributed by atoms with Gasteiger partial charge in [-0.25, -0.2) is 9.69 Å². The summed E-state index contributed by atoms with van der Waals surface area (Å²) in [6.07, 6.45) is 1.51. The molecular weight excluding hydrogens is 396 g/mol. The smallest absolute Gasteiger partial charge is 0.337 e. The number of carbonyl (C=O) groups is 3. The minimum absolute atomic E-state index is 0.0306. The van der Waals surface area contributed by atoms with Gasteiger partial charge in [0, 0.05) is 5.56 Å². The zero-order valence-electron chi connectivity index (χ0n) is 15.9. The lowest BCUT2D eigenvalue weighted by atomic mass is 10.0. The molecule has 0 saturated carbocycles. The maximum Gasteiger partial charge on any atom is 0.337 e. The predicted octanol–water partition coefficient (Wildman–Crippen LogP) is 3.64. The number of H-pyrrole nitrogens is 1. The molecule has 0 radical (unpaired) electrons. The number of nitrogens with zero attached hydrogens (tertiary/aromatic N) is 3. The van der Waals surface area contributed by atoms with E-state index >= 15 is 0 Å². The summed E-state index contributed by atoms with van der Waals surface area (Å²) in [7, 11) is 0. The van der Waals surface area contributed by atoms with Crippen LogP contribution in [0.3, 0.4) is 0 Å². The molecule has 2 N–H and O–H groups in total. The van der Waals surface area contributed by atoms with Gasteiger partial charge in [0.25, 0.3) is 11.8 Å². The Bertz CT molecular complexity index is 1350. The van der Waals surface area contributed by atoms with Crippen LogP contribution in [0.5, 0.6) is 0 Å². The molecular formula is C23H14N4O4. The van der Waals surface area contributed by atoms with Gasteiger partial charge in [0.1, 0.15) is 5.69 Å². The first-order chi connectivity index (χ1) is 15.0. The van der Waals surface area contributed by atoms with Crippen LogP contribution in [0.1, 0.15) is 31.1 Å². The number of benzene rings is 3. The number of carbonyl (C=O) groups excluding carboxylic acids is 2. The van der Waals surface area contributed by atoms with Crippen molar-refractivity contribution in [2.45, 2.75) is 0 Å². The zero-order valence-corrected chi connectivity index (χ0v) is 15.9. The van der Waals surface area contributed by atoms with Crippen molar-refractivity contribution in [1.29, 1.82) is 0 Å². The summed E-state index contributed by atoms with van der Waals surface area (Å²) in [6.45, 7) is 0. The van der Waals surface area contributed by atoms with Gasteiger partial charge >= 0.3 is 5.97 Å². The third kappa shape index (κ3) is 2.98. The van der Waals surface area contributed by atoms with Crippen LogP contribution in [-0.4, -0.2) is 38.3 Å². The second-order valence-electron chi connectivity index (χ2n) is 6.96. The van der Waals surface area contributed by atoms with Crippen LogP contribution in [0.15, 0.2) is 72.9 Å². The number of hydrogen-bond acceptors (Lipinski definition) is 5. The number of amides is 2. The van der Waals surface area contributed by atoms with Crippen LogP contribution >= 0.6 is 0 Å². The molecule has 31 heavy (non-hydrogen) atoms. The minimum atomic E-state index is -1.23. The molecule has 3 aromatic carbocycles. The topological polar surface area (TPSA) is 116 Å². The zero-order chi connectivity index (χ0) is 21.5. The molecule has 4 aromatic rings. The molecule has 0 fully saturated rings. The SMILES string of the molecule is O=C(O)c1ccc(-c2ccccc2)cc1N1C(=O)c2ccc(-c3cn[nH]n3)cc2C1=O. The summed E-state index contributed by atoms with van der Waals surface area (Å²) >= 11 is 0. The summed E-state index contributed by atoms with van der Waals surface area (Å²) in [5.41, 5.74) is 2.97. The summed E-state index contributed by atoms with van der Waals surface area (Å²) in [5, 5.41) is 19.9. The van der Waals surface area contributed by atoms with E-state index in [0.717, 1.165) is 10.5 Å². The summed E-state index contributed by atoms with van der Waals surface area (Å²) < 4.78 is 0. The van der Waals surface area contributed by atoms with Crippen molar-refractivity contribution in [1.82, 2.24) is 15.4 Å². The van der Waals surface area contributed by atoms with Crippen molar-refractivity contribution in [3.8, 4) is 22.4 Å². The van der Waals surface area contributed by atoms with Gasteiger partial charge in [-0.3, -0.25) is 9.59 Å². The van der Waals surface area contributed by atoms with Crippen LogP contribution in [0.2, 0.25) is 0 Å². The highest BCUT2D eigenvalue weighted by atomic mass is 16.4. The van der Waals surface area contributed by atoms with Crippen LogP contribution in [0.4, 0.5) is 5.69 Å². The van der Waals surface area contributed by atoms with Crippen molar-refractivity contribution < 1.29 is 19.5 Å². The number of rotatable bonds is 4. The number of aromatic carboxylic acids is 1. The third-order valence-electron chi connectivity index (χ3n) is 5.17. The first-order valence-electron chi connectivity index (χ1n) is 9.36. The normalized spacial score (nSPS) is 12.8. The predicted molar refractivity (Wildman–Crippen MR) is 112 cm³/mol. The van der Waals surface area contributed by atoms with Gasteiger partial charge in [0.2, 0.25) is 0 Å². The van der Waals surface area contributed by atoms with Crippen LogP contribution in [0, 0.1) is 0 Å². The molecule has 1 aliphatic heterocycles. The lowest BCUT2D eigenvalue weighted by Crippen LogP contribution is -2.31. The number of anilines is 1. The maximum absolute atomic E-state index is 13.2. The molecule has 8 nitrogen and oxygen atoms in total. The largest absolute Gasteiger partial charge is 0.478 e. The third-order valence-corrected chi connectivity index (χ3v) is 5.17. The number of carboxylic acids is 1. The molecule has 0 spiro atoms. The number of nitrogens with one attached hydrogen (secondary N) is 1. The van der Waals surface area contributed by atoms with Gasteiger partial charge in [0.15, 0.2) is 0 Å². The molecule has 150 valence electrons.